The number of benzene rings is 1. The summed E-state index contributed by atoms with van der Waals surface area (Å²) in [4.78, 5) is 15.9. The highest BCUT2D eigenvalue weighted by atomic mass is 16.5. The third-order valence-electron chi connectivity index (χ3n) is 3.48. The van der Waals surface area contributed by atoms with Crippen molar-refractivity contribution in [2.75, 3.05) is 19.7 Å². The Balaban J connectivity index is 1.46. The summed E-state index contributed by atoms with van der Waals surface area (Å²) in [5.74, 6) is 1.72. The Bertz CT molecular complexity index is 625. The molecule has 6 nitrogen and oxygen atoms in total. The van der Waals surface area contributed by atoms with E-state index in [2.05, 4.69) is 15.6 Å². The van der Waals surface area contributed by atoms with Crippen LogP contribution in [0.4, 0.5) is 0 Å². The molecule has 120 valence electrons. The van der Waals surface area contributed by atoms with Crippen LogP contribution in [-0.2, 0) is 4.79 Å². The second-order valence-electron chi connectivity index (χ2n) is 5.29. The van der Waals surface area contributed by atoms with Gasteiger partial charge in [0, 0.05) is 24.8 Å². The first-order chi connectivity index (χ1) is 11.3. The van der Waals surface area contributed by atoms with Crippen molar-refractivity contribution in [3.8, 4) is 17.4 Å². The number of aromatic nitrogens is 1. The van der Waals surface area contributed by atoms with Crippen LogP contribution in [0.1, 0.15) is 6.42 Å². The number of amides is 1. The number of hydrogen-bond donors (Lipinski definition) is 2. The maximum Gasteiger partial charge on any atom is 0.258 e. The number of rotatable bonds is 6. The van der Waals surface area contributed by atoms with Crippen molar-refractivity contribution in [2.24, 2.45) is 0 Å². The Morgan fingerprint density at radius 2 is 2.04 bits per heavy atom. The van der Waals surface area contributed by atoms with E-state index in [9.17, 15) is 4.79 Å². The number of nitrogens with zero attached hydrogens (tertiary/aromatic N) is 1. The molecule has 1 saturated heterocycles. The fourth-order valence-corrected chi connectivity index (χ4v) is 2.33. The number of carbonyl (C=O) groups excluding carboxylic acids is 1. The highest BCUT2D eigenvalue weighted by Crippen LogP contribution is 2.22. The van der Waals surface area contributed by atoms with Crippen LogP contribution in [0.5, 0.6) is 17.4 Å². The Morgan fingerprint density at radius 3 is 2.74 bits per heavy atom. The number of carbonyl (C=O) groups is 1. The number of ether oxygens (including phenoxy) is 2. The van der Waals surface area contributed by atoms with Gasteiger partial charge in [-0.05, 0) is 43.3 Å². The van der Waals surface area contributed by atoms with Crippen LogP contribution in [0.3, 0.4) is 0 Å². The summed E-state index contributed by atoms with van der Waals surface area (Å²) in [5, 5.41) is 6.14. The predicted molar refractivity (Wildman–Crippen MR) is 85.7 cm³/mol. The van der Waals surface area contributed by atoms with Crippen molar-refractivity contribution in [3.63, 3.8) is 0 Å². The van der Waals surface area contributed by atoms with Gasteiger partial charge in [0.2, 0.25) is 5.88 Å². The zero-order valence-corrected chi connectivity index (χ0v) is 12.7. The van der Waals surface area contributed by atoms with E-state index in [4.69, 9.17) is 9.47 Å². The molecule has 0 saturated carbocycles. The second-order valence-corrected chi connectivity index (χ2v) is 5.29. The fourth-order valence-electron chi connectivity index (χ4n) is 2.33. The molecule has 1 aliphatic heterocycles. The molecule has 2 N–H and O–H groups in total. The first-order valence-corrected chi connectivity index (χ1v) is 7.61. The molecule has 1 unspecified atom stereocenters. The third kappa shape index (κ3) is 4.69. The monoisotopic (exact) mass is 313 g/mol. The van der Waals surface area contributed by atoms with Crippen molar-refractivity contribution in [1.82, 2.24) is 15.6 Å². The van der Waals surface area contributed by atoms with E-state index in [0.29, 0.717) is 17.4 Å². The average Bonchev–Trinajstić information content (AvgIpc) is 3.08. The van der Waals surface area contributed by atoms with Gasteiger partial charge in [-0.3, -0.25) is 4.79 Å². The van der Waals surface area contributed by atoms with Crippen LogP contribution >= 0.6 is 0 Å². The van der Waals surface area contributed by atoms with Gasteiger partial charge in [-0.15, -0.1) is 0 Å². The molecule has 23 heavy (non-hydrogen) atoms. The normalized spacial score (nSPS) is 16.8. The van der Waals surface area contributed by atoms with Crippen molar-refractivity contribution >= 4 is 5.91 Å². The van der Waals surface area contributed by atoms with Crippen LogP contribution < -0.4 is 20.1 Å². The third-order valence-corrected chi connectivity index (χ3v) is 3.48. The van der Waals surface area contributed by atoms with E-state index in [1.54, 1.807) is 36.5 Å². The van der Waals surface area contributed by atoms with Gasteiger partial charge in [0.1, 0.15) is 11.5 Å². The van der Waals surface area contributed by atoms with Gasteiger partial charge in [0.15, 0.2) is 6.61 Å². The summed E-state index contributed by atoms with van der Waals surface area (Å²) >= 11 is 0. The van der Waals surface area contributed by atoms with Gasteiger partial charge in [-0.2, -0.15) is 0 Å². The van der Waals surface area contributed by atoms with E-state index < -0.39 is 0 Å². The standard InChI is InChI=1S/C17H19N3O3/c21-16(20-13-8-10-18-11-13)12-22-14-4-6-15(7-5-14)23-17-3-1-2-9-19-17/h1-7,9,13,18H,8,10-12H2,(H,20,21). The van der Waals surface area contributed by atoms with Gasteiger partial charge >= 0.3 is 0 Å². The lowest BCUT2D eigenvalue weighted by Gasteiger charge is -2.12. The molecule has 0 bridgehead atoms. The first-order valence-electron chi connectivity index (χ1n) is 7.61. The molecule has 0 radical (unpaired) electrons. The number of pyridine rings is 1. The molecule has 1 amide bonds. The van der Waals surface area contributed by atoms with Crippen molar-refractivity contribution in [2.45, 2.75) is 12.5 Å². The smallest absolute Gasteiger partial charge is 0.258 e. The first kappa shape index (κ1) is 15.3. The molecule has 6 heteroatoms. The van der Waals surface area contributed by atoms with Crippen LogP contribution in [-0.4, -0.2) is 36.6 Å². The number of nitrogens with one attached hydrogen (secondary N) is 2. The van der Waals surface area contributed by atoms with E-state index in [1.807, 2.05) is 12.1 Å². The number of hydrogen-bond acceptors (Lipinski definition) is 5. The average molecular weight is 313 g/mol. The Morgan fingerprint density at radius 1 is 1.22 bits per heavy atom. The highest BCUT2D eigenvalue weighted by molar-refractivity contribution is 5.77. The Kier molecular flexibility index (Phi) is 5.06. The van der Waals surface area contributed by atoms with Crippen molar-refractivity contribution in [3.05, 3.63) is 48.7 Å². The van der Waals surface area contributed by atoms with Crippen LogP contribution in [0, 0.1) is 0 Å². The molecule has 2 heterocycles. The highest BCUT2D eigenvalue weighted by Gasteiger charge is 2.16. The maximum atomic E-state index is 11.8. The van der Waals surface area contributed by atoms with Gasteiger partial charge in [-0.25, -0.2) is 4.98 Å². The van der Waals surface area contributed by atoms with Gasteiger partial charge < -0.3 is 20.1 Å². The molecule has 1 atom stereocenters. The lowest BCUT2D eigenvalue weighted by molar-refractivity contribution is -0.123. The SMILES string of the molecule is O=C(COc1ccc(Oc2ccccn2)cc1)NC1CCNC1. The van der Waals surface area contributed by atoms with Gasteiger partial charge in [0.05, 0.1) is 0 Å². The molecule has 1 aliphatic rings. The van der Waals surface area contributed by atoms with Crippen LogP contribution in [0.25, 0.3) is 0 Å². The van der Waals surface area contributed by atoms with Crippen molar-refractivity contribution in [1.29, 1.82) is 0 Å². The van der Waals surface area contributed by atoms with E-state index in [1.165, 1.54) is 0 Å². The molecular weight excluding hydrogens is 294 g/mol. The summed E-state index contributed by atoms with van der Waals surface area (Å²) in [6.45, 7) is 1.78. The summed E-state index contributed by atoms with van der Waals surface area (Å²) in [6, 6.07) is 12.8. The molecule has 0 aliphatic carbocycles. The molecule has 1 aromatic carbocycles. The van der Waals surface area contributed by atoms with Crippen LogP contribution in [0.2, 0.25) is 0 Å². The summed E-state index contributed by atoms with van der Waals surface area (Å²) < 4.78 is 11.1. The molecule has 2 aromatic rings. The molecule has 0 spiro atoms. The maximum absolute atomic E-state index is 11.8. The minimum atomic E-state index is -0.104. The van der Waals surface area contributed by atoms with Gasteiger partial charge in [-0.1, -0.05) is 6.07 Å². The minimum absolute atomic E-state index is 0.0109. The molecule has 1 aromatic heterocycles. The van der Waals surface area contributed by atoms with E-state index in [0.717, 1.165) is 19.5 Å². The summed E-state index contributed by atoms with van der Waals surface area (Å²) in [7, 11) is 0. The zero-order chi connectivity index (χ0) is 15.9. The van der Waals surface area contributed by atoms with Crippen LogP contribution in [0.15, 0.2) is 48.7 Å². The Hall–Kier alpha value is -2.60. The fraction of sp³-hybridized carbons (Fsp3) is 0.294. The zero-order valence-electron chi connectivity index (χ0n) is 12.7. The topological polar surface area (TPSA) is 72.5 Å². The Labute approximate surface area is 134 Å². The molecule has 1 fully saturated rings. The predicted octanol–water partition coefficient (Wildman–Crippen LogP) is 1.73. The quantitative estimate of drug-likeness (QED) is 0.850. The van der Waals surface area contributed by atoms with E-state index >= 15 is 0 Å². The summed E-state index contributed by atoms with van der Waals surface area (Å²) in [5.41, 5.74) is 0. The van der Waals surface area contributed by atoms with Crippen molar-refractivity contribution < 1.29 is 14.3 Å². The second kappa shape index (κ2) is 7.60. The largest absolute Gasteiger partial charge is 0.484 e. The lowest BCUT2D eigenvalue weighted by Crippen LogP contribution is -2.39. The molecule has 3 rings (SSSR count). The minimum Gasteiger partial charge on any atom is -0.484 e. The molecular formula is C17H19N3O3. The summed E-state index contributed by atoms with van der Waals surface area (Å²) in [6.07, 6.45) is 2.64. The van der Waals surface area contributed by atoms with Gasteiger partial charge in [0.25, 0.3) is 5.91 Å². The lowest BCUT2D eigenvalue weighted by atomic mass is 10.2. The van der Waals surface area contributed by atoms with E-state index in [-0.39, 0.29) is 18.6 Å².